The van der Waals surface area contributed by atoms with Gasteiger partial charge in [-0.15, -0.1) is 0 Å². The average Bonchev–Trinajstić information content (AvgIpc) is 2.23. The lowest BCUT2D eigenvalue weighted by atomic mass is 10.1. The third-order valence-electron chi connectivity index (χ3n) is 1.95. The number of halogens is 3. The summed E-state index contributed by atoms with van der Waals surface area (Å²) in [5.74, 6) is -0.902. The summed E-state index contributed by atoms with van der Waals surface area (Å²) in [4.78, 5) is 11.3. The van der Waals surface area contributed by atoms with Crippen LogP contribution in [0, 0.1) is 5.92 Å². The Bertz CT molecular complexity index is 395. The van der Waals surface area contributed by atoms with E-state index in [1.165, 1.54) is 4.72 Å². The summed E-state index contributed by atoms with van der Waals surface area (Å²) < 4.78 is 66.0. The van der Waals surface area contributed by atoms with E-state index in [0.29, 0.717) is 0 Å². The fraction of sp³-hybridized carbons (Fsp3) is 0.889. The van der Waals surface area contributed by atoms with E-state index in [9.17, 15) is 26.4 Å². The second-order valence-corrected chi connectivity index (χ2v) is 5.79. The molecule has 0 aliphatic carbocycles. The van der Waals surface area contributed by atoms with E-state index in [1.807, 2.05) is 4.72 Å². The van der Waals surface area contributed by atoms with Crippen molar-refractivity contribution in [3.63, 3.8) is 0 Å². The number of hydrogen-bond acceptors (Lipinski definition) is 4. The average molecular weight is 306 g/mol. The first kappa shape index (κ1) is 18.1. The smallest absolute Gasteiger partial charge is 0.402 e. The molecule has 0 bridgehead atoms. The molecule has 0 aliphatic heterocycles. The van der Waals surface area contributed by atoms with Crippen LogP contribution < -0.4 is 9.44 Å². The Morgan fingerprint density at radius 3 is 2.21 bits per heavy atom. The molecule has 0 amide bonds. The Balaban J connectivity index is 4.68. The zero-order chi connectivity index (χ0) is 15.3. The van der Waals surface area contributed by atoms with Gasteiger partial charge in [-0.1, -0.05) is 13.8 Å². The monoisotopic (exact) mass is 306 g/mol. The molecular weight excluding hydrogens is 289 g/mol. The maximum Gasteiger partial charge on any atom is 0.402 e. The molecule has 1 atom stereocenters. The lowest BCUT2D eigenvalue weighted by Crippen LogP contribution is -2.49. The van der Waals surface area contributed by atoms with Crippen molar-refractivity contribution in [2.24, 2.45) is 5.92 Å². The molecule has 10 heteroatoms. The van der Waals surface area contributed by atoms with Gasteiger partial charge in [0.15, 0.2) is 0 Å². The van der Waals surface area contributed by atoms with E-state index in [2.05, 4.69) is 4.74 Å². The van der Waals surface area contributed by atoms with Gasteiger partial charge in [0.25, 0.3) is 10.2 Å². The molecule has 1 unspecified atom stereocenters. The van der Waals surface area contributed by atoms with Crippen LogP contribution in [-0.4, -0.2) is 40.3 Å². The zero-order valence-corrected chi connectivity index (χ0v) is 11.6. The molecule has 0 saturated heterocycles. The molecule has 6 nitrogen and oxygen atoms in total. The summed E-state index contributed by atoms with van der Waals surface area (Å²) in [6, 6.07) is -1.23. The van der Waals surface area contributed by atoms with E-state index in [0.717, 1.165) is 7.11 Å². The van der Waals surface area contributed by atoms with Gasteiger partial charge in [0, 0.05) is 0 Å². The van der Waals surface area contributed by atoms with Gasteiger partial charge in [-0.05, 0) is 12.3 Å². The minimum atomic E-state index is -4.67. The molecule has 0 rings (SSSR count). The number of alkyl halides is 3. The van der Waals surface area contributed by atoms with Crippen molar-refractivity contribution in [3.8, 4) is 0 Å². The van der Waals surface area contributed by atoms with Gasteiger partial charge in [-0.25, -0.2) is 0 Å². The van der Waals surface area contributed by atoms with Crippen LogP contribution in [0.15, 0.2) is 0 Å². The van der Waals surface area contributed by atoms with Gasteiger partial charge in [0.1, 0.15) is 12.6 Å². The molecular formula is C9H17F3N2O4S. The van der Waals surface area contributed by atoms with Crippen molar-refractivity contribution in [1.29, 1.82) is 0 Å². The van der Waals surface area contributed by atoms with Crippen LogP contribution >= 0.6 is 0 Å². The van der Waals surface area contributed by atoms with E-state index in [1.54, 1.807) is 13.8 Å². The number of esters is 1. The molecule has 114 valence electrons. The highest BCUT2D eigenvalue weighted by atomic mass is 32.2. The third kappa shape index (κ3) is 8.78. The fourth-order valence-corrected chi connectivity index (χ4v) is 2.22. The summed E-state index contributed by atoms with van der Waals surface area (Å²) in [5, 5.41) is 0. The van der Waals surface area contributed by atoms with Crippen molar-refractivity contribution in [2.45, 2.75) is 32.5 Å². The summed E-state index contributed by atoms with van der Waals surface area (Å²) in [6.07, 6.45) is -4.56. The SMILES string of the molecule is COC(=O)C(CC(C)C)NS(=O)(=O)NCC(F)(F)F. The number of carbonyl (C=O) groups is 1. The molecule has 0 aromatic heterocycles. The quantitative estimate of drug-likeness (QED) is 0.673. The fourth-order valence-electron chi connectivity index (χ4n) is 1.21. The highest BCUT2D eigenvalue weighted by molar-refractivity contribution is 7.87. The largest absolute Gasteiger partial charge is 0.468 e. The predicted octanol–water partition coefficient (Wildman–Crippen LogP) is 0.560. The molecule has 0 fully saturated rings. The first-order valence-electron chi connectivity index (χ1n) is 5.38. The maximum atomic E-state index is 11.9. The Labute approximate surface area is 109 Å². The van der Waals surface area contributed by atoms with Gasteiger partial charge >= 0.3 is 12.1 Å². The highest BCUT2D eigenvalue weighted by Gasteiger charge is 2.31. The predicted molar refractivity (Wildman–Crippen MR) is 61.4 cm³/mol. The highest BCUT2D eigenvalue weighted by Crippen LogP contribution is 2.13. The molecule has 0 aromatic carbocycles. The van der Waals surface area contributed by atoms with Crippen LogP contribution in [0.2, 0.25) is 0 Å². The molecule has 0 radical (unpaired) electrons. The Morgan fingerprint density at radius 2 is 1.84 bits per heavy atom. The van der Waals surface area contributed by atoms with Gasteiger partial charge in [-0.3, -0.25) is 4.79 Å². The van der Waals surface area contributed by atoms with Crippen LogP contribution in [-0.2, 0) is 19.7 Å². The number of carbonyl (C=O) groups excluding carboxylic acids is 1. The van der Waals surface area contributed by atoms with E-state index < -0.39 is 34.9 Å². The van der Waals surface area contributed by atoms with Crippen molar-refractivity contribution < 1.29 is 31.1 Å². The molecule has 2 N–H and O–H groups in total. The molecule has 0 heterocycles. The van der Waals surface area contributed by atoms with Gasteiger partial charge < -0.3 is 4.74 Å². The lowest BCUT2D eigenvalue weighted by molar-refractivity contribution is -0.143. The second kappa shape index (κ2) is 7.06. The number of rotatable bonds is 7. The maximum absolute atomic E-state index is 11.9. The number of methoxy groups -OCH3 is 1. The standard InChI is InChI=1S/C9H17F3N2O4S/c1-6(2)4-7(8(15)18-3)14-19(16,17)13-5-9(10,11)12/h6-7,13-14H,4-5H2,1-3H3. The molecule has 0 saturated carbocycles. The van der Waals surface area contributed by atoms with Crippen LogP contribution in [0.5, 0.6) is 0 Å². The number of nitrogens with one attached hydrogen (secondary N) is 2. The first-order chi connectivity index (χ1) is 8.47. The second-order valence-electron chi connectivity index (χ2n) is 4.26. The number of hydrogen-bond donors (Lipinski definition) is 2. The van der Waals surface area contributed by atoms with Crippen molar-refractivity contribution >= 4 is 16.2 Å². The third-order valence-corrected chi connectivity index (χ3v) is 3.07. The van der Waals surface area contributed by atoms with Crippen molar-refractivity contribution in [3.05, 3.63) is 0 Å². The lowest BCUT2D eigenvalue weighted by Gasteiger charge is -2.18. The Kier molecular flexibility index (Phi) is 6.73. The van der Waals surface area contributed by atoms with Crippen LogP contribution in [0.25, 0.3) is 0 Å². The molecule has 0 aromatic rings. The summed E-state index contributed by atoms with van der Waals surface area (Å²) >= 11 is 0. The first-order valence-corrected chi connectivity index (χ1v) is 6.86. The van der Waals surface area contributed by atoms with Crippen molar-refractivity contribution in [2.75, 3.05) is 13.7 Å². The minimum Gasteiger partial charge on any atom is -0.468 e. The summed E-state index contributed by atoms with van der Waals surface area (Å²) in [7, 11) is -3.37. The van der Waals surface area contributed by atoms with E-state index in [-0.39, 0.29) is 12.3 Å². The minimum absolute atomic E-state index is 0.0468. The van der Waals surface area contributed by atoms with Crippen LogP contribution in [0.1, 0.15) is 20.3 Å². The number of ether oxygens (including phenoxy) is 1. The van der Waals surface area contributed by atoms with Crippen LogP contribution in [0.4, 0.5) is 13.2 Å². The molecule has 0 spiro atoms. The summed E-state index contributed by atoms with van der Waals surface area (Å²) in [5.41, 5.74) is 0. The van der Waals surface area contributed by atoms with Gasteiger partial charge in [0.2, 0.25) is 0 Å². The summed E-state index contributed by atoms with van der Waals surface area (Å²) in [6.45, 7) is 1.75. The normalized spacial score (nSPS) is 14.5. The zero-order valence-electron chi connectivity index (χ0n) is 10.7. The molecule has 19 heavy (non-hydrogen) atoms. The topological polar surface area (TPSA) is 84.5 Å². The van der Waals surface area contributed by atoms with E-state index in [4.69, 9.17) is 0 Å². The molecule has 0 aliphatic rings. The van der Waals surface area contributed by atoms with Crippen molar-refractivity contribution in [1.82, 2.24) is 9.44 Å². The van der Waals surface area contributed by atoms with Crippen LogP contribution in [0.3, 0.4) is 0 Å². The van der Waals surface area contributed by atoms with Gasteiger partial charge in [0.05, 0.1) is 7.11 Å². The van der Waals surface area contributed by atoms with Gasteiger partial charge in [-0.2, -0.15) is 31.0 Å². The van der Waals surface area contributed by atoms with E-state index >= 15 is 0 Å². The Morgan fingerprint density at radius 1 is 1.32 bits per heavy atom. The Hall–Kier alpha value is -0.870.